The fourth-order valence-corrected chi connectivity index (χ4v) is 4.10. The highest BCUT2D eigenvalue weighted by Gasteiger charge is 2.17. The smallest absolute Gasteiger partial charge is 0.242 e. The van der Waals surface area contributed by atoms with Crippen LogP contribution in [0.5, 0.6) is 0 Å². The second kappa shape index (κ2) is 5.95. The van der Waals surface area contributed by atoms with Crippen molar-refractivity contribution < 1.29 is 8.42 Å². The molecule has 6 heteroatoms. The molecule has 1 aromatic carbocycles. The van der Waals surface area contributed by atoms with Crippen molar-refractivity contribution in [2.24, 2.45) is 0 Å². The van der Waals surface area contributed by atoms with Gasteiger partial charge in [-0.25, -0.2) is 13.1 Å². The van der Waals surface area contributed by atoms with Crippen LogP contribution in [0, 0.1) is 6.92 Å². The summed E-state index contributed by atoms with van der Waals surface area (Å²) >= 11 is 1.56. The Morgan fingerprint density at radius 1 is 1.30 bits per heavy atom. The van der Waals surface area contributed by atoms with Crippen molar-refractivity contribution >= 4 is 27.0 Å². The number of nitrogens with one attached hydrogen (secondary N) is 1. The van der Waals surface area contributed by atoms with Gasteiger partial charge in [-0.15, -0.1) is 11.3 Å². The molecular formula is C14H18N2O2S2. The van der Waals surface area contributed by atoms with E-state index in [2.05, 4.69) is 11.6 Å². The molecule has 0 amide bonds. The van der Waals surface area contributed by atoms with E-state index in [0.717, 1.165) is 16.9 Å². The van der Waals surface area contributed by atoms with E-state index in [1.807, 2.05) is 18.4 Å². The molecule has 2 aromatic rings. The quantitative estimate of drug-likeness (QED) is 0.834. The van der Waals surface area contributed by atoms with Crippen LogP contribution in [-0.4, -0.2) is 8.42 Å². The molecule has 0 aliphatic carbocycles. The molecule has 0 fully saturated rings. The Labute approximate surface area is 123 Å². The predicted octanol–water partition coefficient (Wildman–Crippen LogP) is 2.68. The van der Waals surface area contributed by atoms with Gasteiger partial charge in [-0.1, -0.05) is 13.0 Å². The van der Waals surface area contributed by atoms with Crippen LogP contribution in [0.4, 0.5) is 5.69 Å². The predicted molar refractivity (Wildman–Crippen MR) is 83.3 cm³/mol. The molecular weight excluding hydrogens is 292 g/mol. The molecule has 3 N–H and O–H groups in total. The van der Waals surface area contributed by atoms with E-state index < -0.39 is 10.0 Å². The third-order valence-corrected chi connectivity index (χ3v) is 5.53. The molecule has 0 bridgehead atoms. The maximum absolute atomic E-state index is 12.3. The Bertz CT molecular complexity index is 706. The molecule has 1 aromatic heterocycles. The van der Waals surface area contributed by atoms with Gasteiger partial charge in [0.1, 0.15) is 4.90 Å². The van der Waals surface area contributed by atoms with E-state index in [0.29, 0.717) is 6.54 Å². The lowest BCUT2D eigenvalue weighted by molar-refractivity contribution is 0.582. The number of hydrogen-bond acceptors (Lipinski definition) is 4. The number of anilines is 1. The lowest BCUT2D eigenvalue weighted by Gasteiger charge is -2.09. The van der Waals surface area contributed by atoms with Crippen LogP contribution in [-0.2, 0) is 23.0 Å². The Kier molecular flexibility index (Phi) is 4.47. The van der Waals surface area contributed by atoms with Gasteiger partial charge in [-0.3, -0.25) is 0 Å². The van der Waals surface area contributed by atoms with E-state index in [1.54, 1.807) is 29.5 Å². The molecule has 108 valence electrons. The second-order valence-electron chi connectivity index (χ2n) is 4.59. The van der Waals surface area contributed by atoms with Crippen LogP contribution >= 0.6 is 11.3 Å². The van der Waals surface area contributed by atoms with Gasteiger partial charge in [0.15, 0.2) is 0 Å². The lowest BCUT2D eigenvalue weighted by atomic mass is 10.2. The molecule has 0 spiro atoms. The van der Waals surface area contributed by atoms with Crippen LogP contribution in [0.1, 0.15) is 22.9 Å². The molecule has 2 rings (SSSR count). The minimum Gasteiger partial charge on any atom is -0.398 e. The first kappa shape index (κ1) is 15.0. The summed E-state index contributed by atoms with van der Waals surface area (Å²) in [5, 5.41) is 1.97. The Hall–Kier alpha value is -1.37. The van der Waals surface area contributed by atoms with Crippen LogP contribution in [0.2, 0.25) is 0 Å². The maximum Gasteiger partial charge on any atom is 0.242 e. The molecule has 0 saturated carbocycles. The highest BCUT2D eigenvalue weighted by Crippen LogP contribution is 2.21. The van der Waals surface area contributed by atoms with Crippen molar-refractivity contribution in [2.75, 3.05) is 5.73 Å². The lowest BCUT2D eigenvalue weighted by Crippen LogP contribution is -2.24. The molecule has 20 heavy (non-hydrogen) atoms. The van der Waals surface area contributed by atoms with Crippen LogP contribution in [0.15, 0.2) is 34.5 Å². The Morgan fingerprint density at radius 2 is 2.05 bits per heavy atom. The monoisotopic (exact) mass is 310 g/mol. The summed E-state index contributed by atoms with van der Waals surface area (Å²) in [4.78, 5) is 1.18. The first-order valence-corrected chi connectivity index (χ1v) is 8.71. The van der Waals surface area contributed by atoms with E-state index >= 15 is 0 Å². The summed E-state index contributed by atoms with van der Waals surface area (Å²) in [6.07, 6.45) is 0.896. The van der Waals surface area contributed by atoms with Gasteiger partial charge in [0.05, 0.1) is 5.69 Å². The van der Waals surface area contributed by atoms with Crippen molar-refractivity contribution in [2.45, 2.75) is 31.7 Å². The van der Waals surface area contributed by atoms with Crippen molar-refractivity contribution in [3.8, 4) is 0 Å². The van der Waals surface area contributed by atoms with Gasteiger partial charge in [0.25, 0.3) is 0 Å². The number of aryl methyl sites for hydroxylation is 2. The van der Waals surface area contributed by atoms with E-state index in [-0.39, 0.29) is 10.6 Å². The van der Waals surface area contributed by atoms with Crippen LogP contribution < -0.4 is 10.5 Å². The van der Waals surface area contributed by atoms with Crippen molar-refractivity contribution in [3.05, 3.63) is 45.6 Å². The number of benzene rings is 1. The fourth-order valence-electron chi connectivity index (χ4n) is 1.99. The maximum atomic E-state index is 12.3. The topological polar surface area (TPSA) is 72.2 Å². The third kappa shape index (κ3) is 3.20. The number of sulfonamides is 1. The van der Waals surface area contributed by atoms with E-state index in [4.69, 9.17) is 5.73 Å². The Morgan fingerprint density at radius 3 is 2.70 bits per heavy atom. The second-order valence-corrected chi connectivity index (χ2v) is 7.32. The SMILES string of the molecule is CCc1ccsc1CNS(=O)(=O)c1ccc(C)cc1N. The summed E-state index contributed by atoms with van der Waals surface area (Å²) in [5.74, 6) is 0. The summed E-state index contributed by atoms with van der Waals surface area (Å²) in [6, 6.07) is 6.97. The highest BCUT2D eigenvalue weighted by molar-refractivity contribution is 7.89. The summed E-state index contributed by atoms with van der Waals surface area (Å²) in [6.45, 7) is 4.23. The first-order chi connectivity index (χ1) is 9.44. The zero-order valence-corrected chi connectivity index (χ0v) is 13.1. The first-order valence-electron chi connectivity index (χ1n) is 6.35. The zero-order valence-electron chi connectivity index (χ0n) is 11.5. The fraction of sp³-hybridized carbons (Fsp3) is 0.286. The van der Waals surface area contributed by atoms with Crippen molar-refractivity contribution in [3.63, 3.8) is 0 Å². The number of thiophene rings is 1. The van der Waals surface area contributed by atoms with E-state index in [9.17, 15) is 8.42 Å². The molecule has 0 unspecified atom stereocenters. The summed E-state index contributed by atoms with van der Waals surface area (Å²) in [7, 11) is -3.58. The summed E-state index contributed by atoms with van der Waals surface area (Å²) in [5.41, 5.74) is 8.19. The number of hydrogen-bond donors (Lipinski definition) is 2. The molecule has 0 saturated heterocycles. The normalized spacial score (nSPS) is 11.7. The number of nitrogen functional groups attached to an aromatic ring is 1. The molecule has 1 heterocycles. The average molecular weight is 310 g/mol. The molecule has 0 aliphatic rings. The summed E-state index contributed by atoms with van der Waals surface area (Å²) < 4.78 is 27.2. The third-order valence-electron chi connectivity index (χ3n) is 3.10. The van der Waals surface area contributed by atoms with Gasteiger partial charge in [0.2, 0.25) is 10.0 Å². The van der Waals surface area contributed by atoms with Crippen LogP contribution in [0.25, 0.3) is 0 Å². The number of nitrogens with two attached hydrogens (primary N) is 1. The van der Waals surface area contributed by atoms with Gasteiger partial charge in [0, 0.05) is 11.4 Å². The molecule has 0 atom stereocenters. The molecule has 0 aliphatic heterocycles. The van der Waals surface area contributed by atoms with E-state index in [1.165, 1.54) is 5.56 Å². The highest BCUT2D eigenvalue weighted by atomic mass is 32.2. The van der Waals surface area contributed by atoms with Gasteiger partial charge >= 0.3 is 0 Å². The standard InChI is InChI=1S/C14H18N2O2S2/c1-3-11-6-7-19-13(11)9-16-20(17,18)14-5-4-10(2)8-12(14)15/h4-8,16H,3,9,15H2,1-2H3. The average Bonchev–Trinajstić information content (AvgIpc) is 2.83. The van der Waals surface area contributed by atoms with Gasteiger partial charge in [-0.2, -0.15) is 0 Å². The van der Waals surface area contributed by atoms with Gasteiger partial charge < -0.3 is 5.73 Å². The molecule has 0 radical (unpaired) electrons. The van der Waals surface area contributed by atoms with Crippen molar-refractivity contribution in [1.82, 2.24) is 4.72 Å². The minimum atomic E-state index is -3.58. The zero-order chi connectivity index (χ0) is 14.8. The molecule has 4 nitrogen and oxygen atoms in total. The van der Waals surface area contributed by atoms with Crippen LogP contribution in [0.3, 0.4) is 0 Å². The van der Waals surface area contributed by atoms with Gasteiger partial charge in [-0.05, 0) is 48.1 Å². The number of rotatable bonds is 5. The Balaban J connectivity index is 2.19. The van der Waals surface area contributed by atoms with Crippen molar-refractivity contribution in [1.29, 1.82) is 0 Å². The largest absolute Gasteiger partial charge is 0.398 e. The minimum absolute atomic E-state index is 0.137.